The maximum Gasteiger partial charge on any atom is 0.291 e. The average Bonchev–Trinajstić information content (AvgIpc) is 3.05. The van der Waals surface area contributed by atoms with Crippen LogP contribution in [0.5, 0.6) is 0 Å². The zero-order chi connectivity index (χ0) is 26.6. The number of nitrogens with one attached hydrogen (secondary N) is 2. The third-order valence-corrected chi connectivity index (χ3v) is 6.04. The molecule has 0 radical (unpaired) electrons. The summed E-state index contributed by atoms with van der Waals surface area (Å²) in [6.45, 7) is 1.51. The molecule has 0 aliphatic carbocycles. The molecule has 4 N–H and O–H groups in total. The Labute approximate surface area is 217 Å². The van der Waals surface area contributed by atoms with Crippen LogP contribution in [0.1, 0.15) is 16.7 Å². The van der Waals surface area contributed by atoms with Crippen LogP contribution < -0.4 is 16.0 Å². The van der Waals surface area contributed by atoms with Gasteiger partial charge in [0.25, 0.3) is 11.9 Å². The highest BCUT2D eigenvalue weighted by Crippen LogP contribution is 2.27. The molecule has 0 saturated carbocycles. The van der Waals surface area contributed by atoms with Crippen LogP contribution in [0, 0.1) is 17.0 Å². The van der Waals surface area contributed by atoms with Crippen LogP contribution in [-0.2, 0) is 14.3 Å². The minimum Gasteiger partial charge on any atom is -0.407 e. The molecule has 3 aromatic carbocycles. The molecule has 3 aromatic rings. The van der Waals surface area contributed by atoms with Crippen LogP contribution in [-0.4, -0.2) is 56.0 Å². The number of hydrogen-bond acceptors (Lipinski definition) is 7. The van der Waals surface area contributed by atoms with Crippen molar-refractivity contribution in [3.8, 4) is 0 Å². The van der Waals surface area contributed by atoms with Gasteiger partial charge in [-0.05, 0) is 12.1 Å². The van der Waals surface area contributed by atoms with Gasteiger partial charge >= 0.3 is 0 Å². The Bertz CT molecular complexity index is 1440. The van der Waals surface area contributed by atoms with E-state index in [1.807, 2.05) is 42.5 Å². The van der Waals surface area contributed by atoms with E-state index in [1.54, 1.807) is 17.0 Å². The molecular formula is C27H24F2N6O3. The summed E-state index contributed by atoms with van der Waals surface area (Å²) in [5.41, 5.74) is 8.33. The van der Waals surface area contributed by atoms with E-state index in [2.05, 4.69) is 15.3 Å². The molecule has 0 spiro atoms. The van der Waals surface area contributed by atoms with Gasteiger partial charge in [0.2, 0.25) is 12.1 Å². The third-order valence-electron chi connectivity index (χ3n) is 6.04. The van der Waals surface area contributed by atoms with E-state index in [0.29, 0.717) is 49.3 Å². The van der Waals surface area contributed by atoms with Gasteiger partial charge in [-0.3, -0.25) is 10.2 Å². The summed E-state index contributed by atoms with van der Waals surface area (Å²) in [6, 6.07) is 17.7. The number of anilines is 2. The van der Waals surface area contributed by atoms with Crippen LogP contribution in [0.2, 0.25) is 0 Å². The van der Waals surface area contributed by atoms with E-state index in [9.17, 15) is 13.6 Å². The number of fused-ring (bicyclic) bond motifs is 1. The standard InChI is InChI=1S/C27H24F2N6O3/c28-17-14-19(29)22(21(15-17)35-10-12-37-13-11-35)24(30)38-27(31)34-25-26(36)32-20-9-5-4-8-18(20)23(33-25)16-6-2-1-3-7-16/h1-9,14-15,25,30H,10-13H2,(H2,31,34)(H,32,36). The van der Waals surface area contributed by atoms with Crippen LogP contribution in [0.25, 0.3) is 0 Å². The molecule has 11 heteroatoms. The number of ether oxygens (including phenoxy) is 2. The van der Waals surface area contributed by atoms with E-state index in [4.69, 9.17) is 20.6 Å². The van der Waals surface area contributed by atoms with Crippen LogP contribution >= 0.6 is 0 Å². The molecule has 0 aromatic heterocycles. The maximum atomic E-state index is 14.8. The Morgan fingerprint density at radius 2 is 1.82 bits per heavy atom. The number of hydrogen-bond donors (Lipinski definition) is 3. The number of amidine groups is 1. The number of carbonyl (C=O) groups excluding carboxylic acids is 1. The van der Waals surface area contributed by atoms with Crippen molar-refractivity contribution in [3.63, 3.8) is 0 Å². The lowest BCUT2D eigenvalue weighted by Crippen LogP contribution is -2.38. The molecule has 1 atom stereocenters. The summed E-state index contributed by atoms with van der Waals surface area (Å²) < 4.78 is 39.6. The first kappa shape index (κ1) is 25.0. The van der Waals surface area contributed by atoms with Crippen LogP contribution in [0.15, 0.2) is 76.7 Å². The molecule has 0 bridgehead atoms. The van der Waals surface area contributed by atoms with E-state index in [1.165, 1.54) is 0 Å². The van der Waals surface area contributed by atoms with Gasteiger partial charge in [-0.15, -0.1) is 0 Å². The molecule has 1 fully saturated rings. The highest BCUT2D eigenvalue weighted by molar-refractivity contribution is 6.19. The second-order valence-electron chi connectivity index (χ2n) is 8.53. The second-order valence-corrected chi connectivity index (χ2v) is 8.53. The van der Waals surface area contributed by atoms with Crippen molar-refractivity contribution in [2.45, 2.75) is 6.17 Å². The number of nitrogens with two attached hydrogens (primary N) is 1. The minimum atomic E-state index is -1.35. The third kappa shape index (κ3) is 5.23. The molecular weight excluding hydrogens is 494 g/mol. The topological polar surface area (TPSA) is 125 Å². The van der Waals surface area contributed by atoms with Gasteiger partial charge in [0, 0.05) is 30.3 Å². The fraction of sp³-hybridized carbons (Fsp3) is 0.185. The monoisotopic (exact) mass is 518 g/mol. The second kappa shape index (κ2) is 10.8. The molecule has 1 amide bonds. The highest BCUT2D eigenvalue weighted by Gasteiger charge is 2.27. The summed E-state index contributed by atoms with van der Waals surface area (Å²) in [5, 5.41) is 11.2. The van der Waals surface area contributed by atoms with Gasteiger partial charge in [-0.25, -0.2) is 13.8 Å². The molecule has 2 aliphatic heterocycles. The fourth-order valence-corrected chi connectivity index (χ4v) is 4.30. The molecule has 38 heavy (non-hydrogen) atoms. The number of morpholine rings is 1. The normalized spacial score (nSPS) is 17.7. The fourth-order valence-electron chi connectivity index (χ4n) is 4.30. The Kier molecular flexibility index (Phi) is 7.09. The Hall–Kier alpha value is -4.64. The number of carbonyl (C=O) groups is 1. The smallest absolute Gasteiger partial charge is 0.291 e. The van der Waals surface area contributed by atoms with Gasteiger partial charge in [0.05, 0.1) is 35.9 Å². The number of amides is 1. The summed E-state index contributed by atoms with van der Waals surface area (Å²) in [5.74, 6) is -3.03. The first-order valence-electron chi connectivity index (χ1n) is 11.9. The molecule has 1 saturated heterocycles. The largest absolute Gasteiger partial charge is 0.407 e. The van der Waals surface area contributed by atoms with Crippen molar-refractivity contribution in [2.75, 3.05) is 36.5 Å². The van der Waals surface area contributed by atoms with E-state index in [-0.39, 0.29) is 11.3 Å². The lowest BCUT2D eigenvalue weighted by molar-refractivity contribution is -0.117. The van der Waals surface area contributed by atoms with E-state index in [0.717, 1.165) is 11.6 Å². The minimum absolute atomic E-state index is 0.135. The predicted octanol–water partition coefficient (Wildman–Crippen LogP) is 3.27. The number of halogens is 2. The molecule has 1 unspecified atom stereocenters. The number of rotatable bonds is 4. The van der Waals surface area contributed by atoms with Gasteiger partial charge in [0.1, 0.15) is 11.6 Å². The number of benzene rings is 3. The quantitative estimate of drug-likeness (QED) is 0.361. The zero-order valence-corrected chi connectivity index (χ0v) is 20.2. The first-order valence-corrected chi connectivity index (χ1v) is 11.9. The Balaban J connectivity index is 1.46. The maximum absolute atomic E-state index is 14.8. The average molecular weight is 519 g/mol. The van der Waals surface area contributed by atoms with E-state index < -0.39 is 35.6 Å². The summed E-state index contributed by atoms with van der Waals surface area (Å²) in [6.07, 6.45) is -1.35. The molecule has 9 nitrogen and oxygen atoms in total. The number of aliphatic imine (C=N–C) groups is 2. The summed E-state index contributed by atoms with van der Waals surface area (Å²) in [7, 11) is 0. The molecule has 194 valence electrons. The Morgan fingerprint density at radius 1 is 1.11 bits per heavy atom. The molecule has 2 aliphatic rings. The van der Waals surface area contributed by atoms with Gasteiger partial charge in [-0.2, -0.15) is 4.99 Å². The van der Waals surface area contributed by atoms with Crippen molar-refractivity contribution in [2.24, 2.45) is 15.7 Å². The van der Waals surface area contributed by atoms with Crippen LogP contribution in [0.4, 0.5) is 20.2 Å². The van der Waals surface area contributed by atoms with Gasteiger partial charge < -0.3 is 25.4 Å². The highest BCUT2D eigenvalue weighted by atomic mass is 19.1. The van der Waals surface area contributed by atoms with Crippen molar-refractivity contribution < 1.29 is 23.0 Å². The Morgan fingerprint density at radius 3 is 2.58 bits per heavy atom. The van der Waals surface area contributed by atoms with Gasteiger partial charge in [-0.1, -0.05) is 48.5 Å². The lowest BCUT2D eigenvalue weighted by atomic mass is 10.0. The summed E-state index contributed by atoms with van der Waals surface area (Å²) in [4.78, 5) is 23.3. The number of para-hydroxylation sites is 1. The van der Waals surface area contributed by atoms with Gasteiger partial charge in [0.15, 0.2) is 0 Å². The first-order chi connectivity index (χ1) is 18.4. The SMILES string of the molecule is N=C(OC(N)=NC1N=C(c2ccccc2)c2ccccc2NC1=O)c1c(F)cc(F)cc1N1CCOCC1. The van der Waals surface area contributed by atoms with E-state index >= 15 is 0 Å². The van der Waals surface area contributed by atoms with Crippen molar-refractivity contribution in [3.05, 3.63) is 95.1 Å². The molecule has 5 rings (SSSR count). The lowest BCUT2D eigenvalue weighted by Gasteiger charge is -2.30. The zero-order valence-electron chi connectivity index (χ0n) is 20.2. The van der Waals surface area contributed by atoms with Crippen molar-refractivity contribution in [1.82, 2.24) is 0 Å². The van der Waals surface area contributed by atoms with Crippen LogP contribution in [0.3, 0.4) is 0 Å². The predicted molar refractivity (Wildman–Crippen MR) is 140 cm³/mol. The summed E-state index contributed by atoms with van der Waals surface area (Å²) >= 11 is 0. The number of nitrogens with zero attached hydrogens (tertiary/aromatic N) is 3. The number of benzodiazepines with no additional fused rings is 1. The van der Waals surface area contributed by atoms with Crippen molar-refractivity contribution in [1.29, 1.82) is 5.41 Å². The van der Waals surface area contributed by atoms with Crippen molar-refractivity contribution >= 4 is 34.9 Å². The molecule has 2 heterocycles.